The normalized spacial score (nSPS) is 11.0. The van der Waals surface area contributed by atoms with Crippen molar-refractivity contribution in [3.05, 3.63) is 70.5 Å². The lowest BCUT2D eigenvalue weighted by atomic mass is 10.2. The van der Waals surface area contributed by atoms with Gasteiger partial charge in [-0.2, -0.15) is 5.10 Å². The Kier molecular flexibility index (Phi) is 6.79. The number of carbonyl (C=O) groups excluding carboxylic acids is 1. The van der Waals surface area contributed by atoms with Crippen molar-refractivity contribution in [2.75, 3.05) is 19.0 Å². The van der Waals surface area contributed by atoms with Crippen molar-refractivity contribution in [1.29, 1.82) is 0 Å². The molecule has 1 heterocycles. The SMILES string of the molecule is CCOc1cc(/C=C/C(=O)Nc2c(C)nn(-c3ccccc3)c2C)cc(Cl)c1OC. The molecular formula is C23H24ClN3O3. The number of hydrogen-bond acceptors (Lipinski definition) is 4. The van der Waals surface area contributed by atoms with Gasteiger partial charge in [0.05, 0.1) is 41.5 Å². The fourth-order valence-electron chi connectivity index (χ4n) is 3.13. The molecule has 0 atom stereocenters. The summed E-state index contributed by atoms with van der Waals surface area (Å²) < 4.78 is 12.7. The molecule has 156 valence electrons. The van der Waals surface area contributed by atoms with Crippen molar-refractivity contribution >= 4 is 29.3 Å². The number of amides is 1. The Labute approximate surface area is 181 Å². The van der Waals surface area contributed by atoms with Crippen molar-refractivity contribution in [3.63, 3.8) is 0 Å². The summed E-state index contributed by atoms with van der Waals surface area (Å²) in [5.74, 6) is 0.738. The van der Waals surface area contributed by atoms with Gasteiger partial charge in [0, 0.05) is 6.08 Å². The molecule has 1 aromatic heterocycles. The number of carbonyl (C=O) groups is 1. The summed E-state index contributed by atoms with van der Waals surface area (Å²) in [7, 11) is 1.53. The molecule has 0 bridgehead atoms. The van der Waals surface area contributed by atoms with Crippen LogP contribution in [-0.2, 0) is 4.79 Å². The fourth-order valence-corrected chi connectivity index (χ4v) is 3.42. The summed E-state index contributed by atoms with van der Waals surface area (Å²) in [6.07, 6.45) is 3.13. The lowest BCUT2D eigenvalue weighted by Crippen LogP contribution is -2.09. The number of nitrogens with zero attached hydrogens (tertiary/aromatic N) is 2. The van der Waals surface area contributed by atoms with Gasteiger partial charge >= 0.3 is 0 Å². The van der Waals surface area contributed by atoms with E-state index in [0.29, 0.717) is 28.8 Å². The van der Waals surface area contributed by atoms with Gasteiger partial charge in [0.15, 0.2) is 11.5 Å². The van der Waals surface area contributed by atoms with E-state index in [1.807, 2.05) is 55.8 Å². The molecule has 6 nitrogen and oxygen atoms in total. The maximum absolute atomic E-state index is 12.5. The summed E-state index contributed by atoms with van der Waals surface area (Å²) in [5.41, 5.74) is 3.95. The molecule has 0 unspecified atom stereocenters. The number of anilines is 1. The van der Waals surface area contributed by atoms with E-state index in [0.717, 1.165) is 22.6 Å². The Hall–Kier alpha value is -3.25. The van der Waals surface area contributed by atoms with Crippen LogP contribution in [0.15, 0.2) is 48.5 Å². The number of para-hydroxylation sites is 1. The lowest BCUT2D eigenvalue weighted by Gasteiger charge is -2.11. The van der Waals surface area contributed by atoms with Crippen molar-refractivity contribution in [2.24, 2.45) is 0 Å². The van der Waals surface area contributed by atoms with E-state index in [-0.39, 0.29) is 5.91 Å². The zero-order chi connectivity index (χ0) is 21.7. The molecule has 0 aliphatic carbocycles. The number of nitrogens with one attached hydrogen (secondary N) is 1. The molecule has 0 fully saturated rings. The van der Waals surface area contributed by atoms with Crippen molar-refractivity contribution in [1.82, 2.24) is 9.78 Å². The van der Waals surface area contributed by atoms with E-state index in [1.165, 1.54) is 13.2 Å². The minimum Gasteiger partial charge on any atom is -0.491 e. The Balaban J connectivity index is 1.80. The van der Waals surface area contributed by atoms with Gasteiger partial charge in [-0.3, -0.25) is 4.79 Å². The highest BCUT2D eigenvalue weighted by Crippen LogP contribution is 2.36. The molecular weight excluding hydrogens is 402 g/mol. The van der Waals surface area contributed by atoms with Crippen LogP contribution in [0.3, 0.4) is 0 Å². The van der Waals surface area contributed by atoms with Crippen LogP contribution in [0.2, 0.25) is 5.02 Å². The molecule has 0 saturated carbocycles. The maximum atomic E-state index is 12.5. The number of aromatic nitrogens is 2. The van der Waals surface area contributed by atoms with Crippen molar-refractivity contribution in [2.45, 2.75) is 20.8 Å². The van der Waals surface area contributed by atoms with Crippen LogP contribution in [0, 0.1) is 13.8 Å². The van der Waals surface area contributed by atoms with Gasteiger partial charge < -0.3 is 14.8 Å². The van der Waals surface area contributed by atoms with E-state index in [1.54, 1.807) is 18.2 Å². The molecule has 3 aromatic rings. The van der Waals surface area contributed by atoms with Crippen molar-refractivity contribution < 1.29 is 14.3 Å². The highest BCUT2D eigenvalue weighted by Gasteiger charge is 2.14. The quantitative estimate of drug-likeness (QED) is 0.528. The molecule has 0 aliphatic rings. The number of ether oxygens (including phenoxy) is 2. The average Bonchev–Trinajstić information content (AvgIpc) is 3.01. The minimum atomic E-state index is -0.265. The molecule has 0 saturated heterocycles. The summed E-state index contributed by atoms with van der Waals surface area (Å²) in [4.78, 5) is 12.5. The molecule has 1 amide bonds. The predicted octanol–water partition coefficient (Wildman–Crippen LogP) is 5.20. The number of aryl methyl sites for hydroxylation is 1. The van der Waals surface area contributed by atoms with Crippen LogP contribution in [-0.4, -0.2) is 29.4 Å². The lowest BCUT2D eigenvalue weighted by molar-refractivity contribution is -0.111. The van der Waals surface area contributed by atoms with Crippen LogP contribution in [0.1, 0.15) is 23.9 Å². The van der Waals surface area contributed by atoms with Crippen LogP contribution < -0.4 is 14.8 Å². The molecule has 3 rings (SSSR count). The smallest absolute Gasteiger partial charge is 0.248 e. The van der Waals surface area contributed by atoms with Crippen LogP contribution in [0.4, 0.5) is 5.69 Å². The van der Waals surface area contributed by atoms with Gasteiger partial charge in [0.25, 0.3) is 0 Å². The monoisotopic (exact) mass is 425 g/mol. The Morgan fingerprint density at radius 2 is 1.97 bits per heavy atom. The molecule has 1 N–H and O–H groups in total. The first-order valence-electron chi connectivity index (χ1n) is 9.55. The molecule has 30 heavy (non-hydrogen) atoms. The fraction of sp³-hybridized carbons (Fsp3) is 0.217. The standard InChI is InChI=1S/C23H24ClN3O3/c1-5-30-20-14-17(13-19(24)23(20)29-4)11-12-21(28)25-22-15(2)26-27(16(22)3)18-9-7-6-8-10-18/h6-14H,5H2,1-4H3,(H,25,28)/b12-11+. The van der Waals surface area contributed by atoms with E-state index >= 15 is 0 Å². The Morgan fingerprint density at radius 3 is 2.63 bits per heavy atom. The van der Waals surface area contributed by atoms with E-state index < -0.39 is 0 Å². The highest BCUT2D eigenvalue weighted by molar-refractivity contribution is 6.32. The first-order chi connectivity index (χ1) is 14.4. The molecule has 0 radical (unpaired) electrons. The number of halogens is 1. The third kappa shape index (κ3) is 4.66. The second kappa shape index (κ2) is 9.50. The van der Waals surface area contributed by atoms with Gasteiger partial charge in [0.2, 0.25) is 5.91 Å². The highest BCUT2D eigenvalue weighted by atomic mass is 35.5. The molecule has 0 spiro atoms. The van der Waals surface area contributed by atoms with E-state index in [4.69, 9.17) is 21.1 Å². The predicted molar refractivity (Wildman–Crippen MR) is 120 cm³/mol. The summed E-state index contributed by atoms with van der Waals surface area (Å²) >= 11 is 6.27. The van der Waals surface area contributed by atoms with E-state index in [2.05, 4.69) is 10.4 Å². The number of hydrogen-bond donors (Lipinski definition) is 1. The average molecular weight is 426 g/mol. The number of methoxy groups -OCH3 is 1. The molecule has 2 aromatic carbocycles. The zero-order valence-corrected chi connectivity index (χ0v) is 18.2. The maximum Gasteiger partial charge on any atom is 0.248 e. The van der Waals surface area contributed by atoms with Gasteiger partial charge in [-0.25, -0.2) is 4.68 Å². The first kappa shape index (κ1) is 21.5. The Bertz CT molecular complexity index is 1080. The molecule has 7 heteroatoms. The largest absolute Gasteiger partial charge is 0.491 e. The van der Waals surface area contributed by atoms with Crippen LogP contribution in [0.25, 0.3) is 11.8 Å². The second-order valence-corrected chi connectivity index (χ2v) is 6.99. The minimum absolute atomic E-state index is 0.265. The topological polar surface area (TPSA) is 65.4 Å². The van der Waals surface area contributed by atoms with Gasteiger partial charge in [0.1, 0.15) is 0 Å². The van der Waals surface area contributed by atoms with Gasteiger partial charge in [-0.05, 0) is 56.7 Å². The second-order valence-electron chi connectivity index (χ2n) is 6.58. The van der Waals surface area contributed by atoms with Gasteiger partial charge in [-0.15, -0.1) is 0 Å². The third-order valence-electron chi connectivity index (χ3n) is 4.50. The third-order valence-corrected chi connectivity index (χ3v) is 4.78. The number of rotatable bonds is 7. The van der Waals surface area contributed by atoms with E-state index in [9.17, 15) is 4.79 Å². The zero-order valence-electron chi connectivity index (χ0n) is 17.4. The number of benzene rings is 2. The summed E-state index contributed by atoms with van der Waals surface area (Å²) in [6, 6.07) is 13.3. The summed E-state index contributed by atoms with van der Waals surface area (Å²) in [6.45, 7) is 6.14. The van der Waals surface area contributed by atoms with Crippen LogP contribution in [0.5, 0.6) is 11.5 Å². The van der Waals surface area contributed by atoms with Gasteiger partial charge in [-0.1, -0.05) is 29.8 Å². The summed E-state index contributed by atoms with van der Waals surface area (Å²) in [5, 5.41) is 7.88. The Morgan fingerprint density at radius 1 is 1.23 bits per heavy atom. The van der Waals surface area contributed by atoms with Crippen molar-refractivity contribution in [3.8, 4) is 17.2 Å². The van der Waals surface area contributed by atoms with Crippen LogP contribution >= 0.6 is 11.6 Å². The first-order valence-corrected chi connectivity index (χ1v) is 9.93. The molecule has 0 aliphatic heterocycles.